The maximum atomic E-state index is 13.1. The van der Waals surface area contributed by atoms with E-state index in [0.717, 1.165) is 33.4 Å². The van der Waals surface area contributed by atoms with Crippen LogP contribution in [0, 0.1) is 17.5 Å². The molecule has 3 nitrogen and oxygen atoms in total. The fraction of sp³-hybridized carbons (Fsp3) is 0.200. The van der Waals surface area contributed by atoms with Gasteiger partial charge < -0.3 is 14.2 Å². The first-order chi connectivity index (χ1) is 17.5. The highest BCUT2D eigenvalue weighted by atomic mass is 19.1. The maximum Gasteiger partial charge on any atom is 0.123 e. The molecule has 0 amide bonds. The van der Waals surface area contributed by atoms with Gasteiger partial charge >= 0.3 is 0 Å². The van der Waals surface area contributed by atoms with Crippen molar-refractivity contribution < 1.29 is 27.4 Å². The van der Waals surface area contributed by atoms with Gasteiger partial charge in [0.15, 0.2) is 0 Å². The van der Waals surface area contributed by atoms with Crippen LogP contribution < -0.4 is 0 Å². The van der Waals surface area contributed by atoms with Gasteiger partial charge in [0, 0.05) is 0 Å². The lowest BCUT2D eigenvalue weighted by atomic mass is 10.1. The van der Waals surface area contributed by atoms with Crippen molar-refractivity contribution in [3.8, 4) is 0 Å². The third kappa shape index (κ3) is 8.34. The number of hydrogen-bond donors (Lipinski definition) is 0. The highest BCUT2D eigenvalue weighted by Gasteiger charge is 2.05. The van der Waals surface area contributed by atoms with Crippen LogP contribution >= 0.6 is 0 Å². The smallest absolute Gasteiger partial charge is 0.123 e. The van der Waals surface area contributed by atoms with E-state index < -0.39 is 0 Å². The summed E-state index contributed by atoms with van der Waals surface area (Å²) in [4.78, 5) is 0. The van der Waals surface area contributed by atoms with Gasteiger partial charge in [0.05, 0.1) is 39.6 Å². The highest BCUT2D eigenvalue weighted by Crippen LogP contribution is 2.17. The molecule has 0 atom stereocenters. The zero-order valence-electron chi connectivity index (χ0n) is 19.8. The van der Waals surface area contributed by atoms with E-state index in [1.54, 1.807) is 36.4 Å². The van der Waals surface area contributed by atoms with Gasteiger partial charge in [0.25, 0.3) is 0 Å². The molecule has 36 heavy (non-hydrogen) atoms. The van der Waals surface area contributed by atoms with Crippen LogP contribution in [-0.2, 0) is 53.9 Å². The lowest BCUT2D eigenvalue weighted by molar-refractivity contribution is 0.0992. The molecule has 0 aliphatic carbocycles. The average molecular weight is 493 g/mol. The molecule has 0 spiro atoms. The molecular weight excluding hydrogens is 465 g/mol. The van der Waals surface area contributed by atoms with Gasteiger partial charge in [0.2, 0.25) is 0 Å². The minimum absolute atomic E-state index is 0.280. The van der Waals surface area contributed by atoms with E-state index in [2.05, 4.69) is 0 Å². The predicted molar refractivity (Wildman–Crippen MR) is 131 cm³/mol. The Hall–Kier alpha value is -3.45. The molecule has 0 aliphatic heterocycles. The summed E-state index contributed by atoms with van der Waals surface area (Å²) in [6.07, 6.45) is 0. The highest BCUT2D eigenvalue weighted by molar-refractivity contribution is 5.29. The van der Waals surface area contributed by atoms with Gasteiger partial charge in [-0.1, -0.05) is 54.6 Å². The first-order valence-electron chi connectivity index (χ1n) is 11.6. The molecule has 4 aromatic rings. The minimum Gasteiger partial charge on any atom is -0.372 e. The Morgan fingerprint density at radius 1 is 0.333 bits per heavy atom. The number of halogens is 3. The van der Waals surface area contributed by atoms with Crippen molar-refractivity contribution >= 4 is 0 Å². The van der Waals surface area contributed by atoms with Gasteiger partial charge in [0.1, 0.15) is 17.5 Å². The van der Waals surface area contributed by atoms with Crippen LogP contribution in [0.2, 0.25) is 0 Å². The lowest BCUT2D eigenvalue weighted by Gasteiger charge is -2.12. The van der Waals surface area contributed by atoms with E-state index in [0.29, 0.717) is 39.6 Å². The molecule has 0 saturated heterocycles. The summed E-state index contributed by atoms with van der Waals surface area (Å²) < 4.78 is 56.9. The Morgan fingerprint density at radius 2 is 0.556 bits per heavy atom. The molecule has 0 aromatic heterocycles. The van der Waals surface area contributed by atoms with Crippen molar-refractivity contribution in [1.29, 1.82) is 0 Å². The Balaban J connectivity index is 1.37. The second kappa shape index (κ2) is 13.0. The molecule has 0 N–H and O–H groups in total. The standard InChI is InChI=1S/C30H27F3O3/c31-28-7-1-22(2-8-28)16-34-19-25-13-26(20-35-17-23-3-9-29(32)10-4-23)15-27(14-25)21-36-18-24-5-11-30(33)12-6-24/h1-15H,16-21H2. The second-order valence-electron chi connectivity index (χ2n) is 8.52. The molecule has 0 heterocycles. The first kappa shape index (κ1) is 25.6. The summed E-state index contributed by atoms with van der Waals surface area (Å²) >= 11 is 0. The number of benzene rings is 4. The topological polar surface area (TPSA) is 27.7 Å². The average Bonchev–Trinajstić information content (AvgIpc) is 2.88. The Labute approximate surface area is 209 Å². The molecule has 186 valence electrons. The second-order valence-corrected chi connectivity index (χ2v) is 8.52. The Kier molecular flexibility index (Phi) is 9.27. The van der Waals surface area contributed by atoms with Gasteiger partial charge in [-0.05, 0) is 69.8 Å². The van der Waals surface area contributed by atoms with Gasteiger partial charge in [-0.15, -0.1) is 0 Å². The summed E-state index contributed by atoms with van der Waals surface area (Å²) in [5, 5.41) is 0. The van der Waals surface area contributed by atoms with Crippen LogP contribution in [0.4, 0.5) is 13.2 Å². The molecule has 0 fully saturated rings. The van der Waals surface area contributed by atoms with Gasteiger partial charge in [-0.3, -0.25) is 0 Å². The molecule has 0 saturated carbocycles. The zero-order valence-corrected chi connectivity index (χ0v) is 19.8. The first-order valence-corrected chi connectivity index (χ1v) is 11.6. The van der Waals surface area contributed by atoms with Crippen molar-refractivity contribution in [3.63, 3.8) is 0 Å². The molecule has 0 unspecified atom stereocenters. The summed E-state index contributed by atoms with van der Waals surface area (Å²) in [6, 6.07) is 24.7. The van der Waals surface area contributed by atoms with Crippen LogP contribution in [0.3, 0.4) is 0 Å². The van der Waals surface area contributed by atoms with Crippen LogP contribution in [0.1, 0.15) is 33.4 Å². The molecule has 0 bridgehead atoms. The zero-order chi connectivity index (χ0) is 25.2. The summed E-state index contributed by atoms with van der Waals surface area (Å²) in [7, 11) is 0. The van der Waals surface area contributed by atoms with E-state index >= 15 is 0 Å². The number of ether oxygens (including phenoxy) is 3. The molecule has 6 heteroatoms. The largest absolute Gasteiger partial charge is 0.372 e. The van der Waals surface area contributed by atoms with Crippen LogP contribution in [0.5, 0.6) is 0 Å². The molecule has 4 aromatic carbocycles. The molecular formula is C30H27F3O3. The third-order valence-corrected chi connectivity index (χ3v) is 5.46. The van der Waals surface area contributed by atoms with Crippen molar-refractivity contribution in [2.75, 3.05) is 0 Å². The summed E-state index contributed by atoms with van der Waals surface area (Å²) in [5.74, 6) is -0.841. The van der Waals surface area contributed by atoms with Crippen molar-refractivity contribution in [3.05, 3.63) is 142 Å². The SMILES string of the molecule is Fc1ccc(COCc2cc(COCc3ccc(F)cc3)cc(COCc3ccc(F)cc3)c2)cc1. The summed E-state index contributed by atoms with van der Waals surface area (Å²) in [5.41, 5.74) is 5.54. The Bertz CT molecular complexity index is 1060. The van der Waals surface area contributed by atoms with Crippen LogP contribution in [-0.4, -0.2) is 0 Å². The number of hydrogen-bond acceptors (Lipinski definition) is 3. The molecule has 4 rings (SSSR count). The van der Waals surface area contributed by atoms with Gasteiger partial charge in [-0.25, -0.2) is 13.2 Å². The Morgan fingerprint density at radius 3 is 0.806 bits per heavy atom. The van der Waals surface area contributed by atoms with E-state index in [9.17, 15) is 13.2 Å². The maximum absolute atomic E-state index is 13.1. The third-order valence-electron chi connectivity index (χ3n) is 5.46. The van der Waals surface area contributed by atoms with E-state index in [-0.39, 0.29) is 17.5 Å². The van der Waals surface area contributed by atoms with Crippen molar-refractivity contribution in [2.45, 2.75) is 39.6 Å². The van der Waals surface area contributed by atoms with Crippen LogP contribution in [0.25, 0.3) is 0 Å². The van der Waals surface area contributed by atoms with E-state index in [1.165, 1.54) is 36.4 Å². The fourth-order valence-corrected chi connectivity index (χ4v) is 3.69. The van der Waals surface area contributed by atoms with Crippen molar-refractivity contribution in [1.82, 2.24) is 0 Å². The predicted octanol–water partition coefficient (Wildman–Crippen LogP) is 7.25. The molecule has 0 aliphatic rings. The number of rotatable bonds is 12. The lowest BCUT2D eigenvalue weighted by Crippen LogP contribution is -2.01. The monoisotopic (exact) mass is 492 g/mol. The molecule has 0 radical (unpaired) electrons. The van der Waals surface area contributed by atoms with Gasteiger partial charge in [-0.2, -0.15) is 0 Å². The normalized spacial score (nSPS) is 11.1. The summed E-state index contributed by atoms with van der Waals surface area (Å²) in [6.45, 7) is 2.20. The van der Waals surface area contributed by atoms with Crippen LogP contribution in [0.15, 0.2) is 91.0 Å². The fourth-order valence-electron chi connectivity index (χ4n) is 3.69. The van der Waals surface area contributed by atoms with E-state index in [4.69, 9.17) is 14.2 Å². The van der Waals surface area contributed by atoms with E-state index in [1.807, 2.05) is 18.2 Å². The quantitative estimate of drug-likeness (QED) is 0.208. The van der Waals surface area contributed by atoms with Crippen molar-refractivity contribution in [2.24, 2.45) is 0 Å². The minimum atomic E-state index is -0.280.